The molecule has 1 N–H and O–H groups in total. The van der Waals surface area contributed by atoms with E-state index in [4.69, 9.17) is 4.74 Å². The zero-order chi connectivity index (χ0) is 21.5. The number of carbonyl (C=O) groups excluding carboxylic acids is 2. The third-order valence-electron chi connectivity index (χ3n) is 7.07. The Balaban J connectivity index is 1.43. The first-order chi connectivity index (χ1) is 14.5. The molecule has 1 aromatic carbocycles. The molecule has 2 aliphatic rings. The van der Waals surface area contributed by atoms with E-state index in [1.54, 1.807) is 0 Å². The number of rotatable bonds is 7. The van der Waals surface area contributed by atoms with Crippen LogP contribution in [-0.4, -0.2) is 49.1 Å². The fourth-order valence-electron chi connectivity index (χ4n) is 4.94. The molecule has 30 heavy (non-hydrogen) atoms. The molecule has 0 atom stereocenters. The number of ether oxygens (including phenoxy) is 1. The maximum atomic E-state index is 12.7. The zero-order valence-corrected chi connectivity index (χ0v) is 18.9. The normalized spacial score (nSPS) is 23.3. The van der Waals surface area contributed by atoms with Crippen molar-refractivity contribution in [2.45, 2.75) is 83.2 Å². The van der Waals surface area contributed by atoms with Crippen molar-refractivity contribution in [1.29, 1.82) is 0 Å². The molecular formula is C25H38N2O3. The number of piperidine rings is 1. The standard InChI is InChI=1S/C25H38N2O3/c1-18(2)27-16-14-21(15-17-27)20-7-9-22(10-8-20)25(29)26-23-11-4-19(5-12-23)6-13-24(28)30-3/h7-10,18-19,21,23H,4-6,11-17H2,1-3H3,(H,26,29). The average molecular weight is 415 g/mol. The number of likely N-dealkylation sites (tertiary alicyclic amines) is 1. The third kappa shape index (κ3) is 6.31. The number of nitrogens with one attached hydrogen (secondary N) is 1. The number of carbonyl (C=O) groups is 2. The molecule has 1 aromatic rings. The quantitative estimate of drug-likeness (QED) is 0.667. The van der Waals surface area contributed by atoms with Crippen LogP contribution < -0.4 is 5.32 Å². The number of methoxy groups -OCH3 is 1. The molecule has 166 valence electrons. The third-order valence-corrected chi connectivity index (χ3v) is 7.07. The summed E-state index contributed by atoms with van der Waals surface area (Å²) in [7, 11) is 1.44. The van der Waals surface area contributed by atoms with E-state index in [-0.39, 0.29) is 17.9 Å². The molecule has 0 unspecified atom stereocenters. The highest BCUT2D eigenvalue weighted by atomic mass is 16.5. The number of hydrogen-bond acceptors (Lipinski definition) is 4. The van der Waals surface area contributed by atoms with E-state index in [0.29, 0.717) is 24.3 Å². The minimum atomic E-state index is -0.126. The SMILES string of the molecule is COC(=O)CCC1CCC(NC(=O)c2ccc(C3CCN(C(C)C)CC3)cc2)CC1. The molecule has 0 bridgehead atoms. The summed E-state index contributed by atoms with van der Waals surface area (Å²) in [6.45, 7) is 6.85. The van der Waals surface area contributed by atoms with Gasteiger partial charge in [-0.15, -0.1) is 0 Å². The van der Waals surface area contributed by atoms with E-state index in [2.05, 4.69) is 36.2 Å². The largest absolute Gasteiger partial charge is 0.469 e. The highest BCUT2D eigenvalue weighted by Gasteiger charge is 2.24. The number of amides is 1. The Morgan fingerprint density at radius 3 is 2.23 bits per heavy atom. The lowest BCUT2D eigenvalue weighted by molar-refractivity contribution is -0.141. The van der Waals surface area contributed by atoms with Crippen LogP contribution in [0.2, 0.25) is 0 Å². The van der Waals surface area contributed by atoms with Crippen LogP contribution in [0.15, 0.2) is 24.3 Å². The molecule has 0 spiro atoms. The summed E-state index contributed by atoms with van der Waals surface area (Å²) in [5.41, 5.74) is 2.12. The monoisotopic (exact) mass is 414 g/mol. The van der Waals surface area contributed by atoms with Crippen LogP contribution in [0.3, 0.4) is 0 Å². The van der Waals surface area contributed by atoms with E-state index in [0.717, 1.165) is 50.8 Å². The van der Waals surface area contributed by atoms with E-state index >= 15 is 0 Å². The first-order valence-corrected chi connectivity index (χ1v) is 11.7. The van der Waals surface area contributed by atoms with Crippen molar-refractivity contribution in [3.05, 3.63) is 35.4 Å². The molecule has 1 amide bonds. The summed E-state index contributed by atoms with van der Waals surface area (Å²) in [6.07, 6.45) is 7.90. The van der Waals surface area contributed by atoms with Gasteiger partial charge in [0.1, 0.15) is 0 Å². The summed E-state index contributed by atoms with van der Waals surface area (Å²) in [4.78, 5) is 26.5. The number of hydrogen-bond donors (Lipinski definition) is 1. The topological polar surface area (TPSA) is 58.6 Å². The summed E-state index contributed by atoms with van der Waals surface area (Å²) >= 11 is 0. The van der Waals surface area contributed by atoms with Gasteiger partial charge in [-0.05, 0) is 101 Å². The summed E-state index contributed by atoms with van der Waals surface area (Å²) in [5, 5.41) is 3.21. The van der Waals surface area contributed by atoms with E-state index in [1.807, 2.05) is 12.1 Å². The van der Waals surface area contributed by atoms with Crippen LogP contribution in [0.25, 0.3) is 0 Å². The molecule has 0 radical (unpaired) electrons. The first kappa shape index (κ1) is 22.8. The van der Waals surface area contributed by atoms with Gasteiger partial charge in [-0.25, -0.2) is 0 Å². The minimum absolute atomic E-state index is 0.0363. The number of benzene rings is 1. The molecule has 0 aromatic heterocycles. The van der Waals surface area contributed by atoms with Crippen LogP contribution in [0.1, 0.15) is 87.1 Å². The van der Waals surface area contributed by atoms with E-state index < -0.39 is 0 Å². The lowest BCUT2D eigenvalue weighted by atomic mass is 9.83. The molecule has 1 saturated heterocycles. The molecule has 2 fully saturated rings. The van der Waals surface area contributed by atoms with E-state index in [1.165, 1.54) is 25.5 Å². The van der Waals surface area contributed by atoms with Crippen molar-refractivity contribution >= 4 is 11.9 Å². The fraction of sp³-hybridized carbons (Fsp3) is 0.680. The Labute approximate surface area is 181 Å². The van der Waals surface area contributed by atoms with Gasteiger partial charge < -0.3 is 15.0 Å². The van der Waals surface area contributed by atoms with Crippen molar-refractivity contribution in [2.24, 2.45) is 5.92 Å². The number of esters is 1. The fourth-order valence-corrected chi connectivity index (χ4v) is 4.94. The second kappa shape index (κ2) is 10.9. The molecule has 1 aliphatic carbocycles. The number of nitrogens with zero attached hydrogens (tertiary/aromatic N) is 1. The molecule has 1 aliphatic heterocycles. The van der Waals surface area contributed by atoms with Crippen molar-refractivity contribution in [1.82, 2.24) is 10.2 Å². The molecule has 5 heteroatoms. The second-order valence-electron chi connectivity index (χ2n) is 9.33. The Kier molecular flexibility index (Phi) is 8.32. The lowest BCUT2D eigenvalue weighted by Gasteiger charge is -2.34. The lowest BCUT2D eigenvalue weighted by Crippen LogP contribution is -2.38. The maximum Gasteiger partial charge on any atom is 0.305 e. The average Bonchev–Trinajstić information content (AvgIpc) is 2.78. The second-order valence-corrected chi connectivity index (χ2v) is 9.33. The van der Waals surface area contributed by atoms with Gasteiger partial charge in [0.05, 0.1) is 7.11 Å². The molecule has 1 saturated carbocycles. The smallest absolute Gasteiger partial charge is 0.305 e. The summed E-state index contributed by atoms with van der Waals surface area (Å²) in [6, 6.07) is 9.14. The van der Waals surface area contributed by atoms with Crippen LogP contribution in [0.5, 0.6) is 0 Å². The Bertz CT molecular complexity index is 685. The van der Waals surface area contributed by atoms with Gasteiger partial charge in [0, 0.05) is 24.1 Å². The van der Waals surface area contributed by atoms with Gasteiger partial charge in [0.25, 0.3) is 5.91 Å². The van der Waals surface area contributed by atoms with Gasteiger partial charge >= 0.3 is 5.97 Å². The van der Waals surface area contributed by atoms with Crippen LogP contribution in [0, 0.1) is 5.92 Å². The molecule has 1 heterocycles. The maximum absolute atomic E-state index is 12.7. The zero-order valence-electron chi connectivity index (χ0n) is 18.9. The highest BCUT2D eigenvalue weighted by Crippen LogP contribution is 2.30. The predicted molar refractivity (Wildman–Crippen MR) is 120 cm³/mol. The van der Waals surface area contributed by atoms with Gasteiger partial charge in [-0.2, -0.15) is 0 Å². The first-order valence-electron chi connectivity index (χ1n) is 11.7. The van der Waals surface area contributed by atoms with Crippen LogP contribution in [0.4, 0.5) is 0 Å². The predicted octanol–water partition coefficient (Wildman–Crippen LogP) is 4.52. The molecular weight excluding hydrogens is 376 g/mol. The van der Waals surface area contributed by atoms with E-state index in [9.17, 15) is 9.59 Å². The molecule has 3 rings (SSSR count). The minimum Gasteiger partial charge on any atom is -0.469 e. The van der Waals surface area contributed by atoms with Gasteiger partial charge in [0.2, 0.25) is 0 Å². The van der Waals surface area contributed by atoms with Crippen molar-refractivity contribution < 1.29 is 14.3 Å². The highest BCUT2D eigenvalue weighted by molar-refractivity contribution is 5.94. The van der Waals surface area contributed by atoms with Crippen LogP contribution >= 0.6 is 0 Å². The summed E-state index contributed by atoms with van der Waals surface area (Å²) < 4.78 is 4.73. The van der Waals surface area contributed by atoms with Crippen molar-refractivity contribution in [3.8, 4) is 0 Å². The van der Waals surface area contributed by atoms with Crippen molar-refractivity contribution in [2.75, 3.05) is 20.2 Å². The van der Waals surface area contributed by atoms with Gasteiger partial charge in [0.15, 0.2) is 0 Å². The summed E-state index contributed by atoms with van der Waals surface area (Å²) in [5.74, 6) is 1.09. The van der Waals surface area contributed by atoms with Crippen molar-refractivity contribution in [3.63, 3.8) is 0 Å². The van der Waals surface area contributed by atoms with Crippen LogP contribution in [-0.2, 0) is 9.53 Å². The Morgan fingerprint density at radius 1 is 1.03 bits per heavy atom. The Hall–Kier alpha value is -1.88. The molecule has 5 nitrogen and oxygen atoms in total. The van der Waals surface area contributed by atoms with Gasteiger partial charge in [-0.1, -0.05) is 12.1 Å². The Morgan fingerprint density at radius 2 is 1.67 bits per heavy atom. The van der Waals surface area contributed by atoms with Gasteiger partial charge in [-0.3, -0.25) is 9.59 Å².